The van der Waals surface area contributed by atoms with Crippen molar-refractivity contribution < 1.29 is 18.8 Å². The van der Waals surface area contributed by atoms with E-state index in [0.717, 1.165) is 24.8 Å². The van der Waals surface area contributed by atoms with E-state index in [1.165, 1.54) is 12.3 Å². The molecule has 2 aromatic rings. The van der Waals surface area contributed by atoms with Crippen LogP contribution in [0.2, 0.25) is 0 Å². The summed E-state index contributed by atoms with van der Waals surface area (Å²) in [5.41, 5.74) is 1.67. The van der Waals surface area contributed by atoms with Crippen molar-refractivity contribution in [1.29, 1.82) is 0 Å². The van der Waals surface area contributed by atoms with E-state index < -0.39 is 18.0 Å². The molecule has 0 bridgehead atoms. The lowest BCUT2D eigenvalue weighted by Crippen LogP contribution is -2.51. The van der Waals surface area contributed by atoms with Gasteiger partial charge in [0.1, 0.15) is 17.7 Å². The van der Waals surface area contributed by atoms with E-state index in [0.29, 0.717) is 30.0 Å². The first-order chi connectivity index (χ1) is 17.8. The molecule has 38 heavy (non-hydrogen) atoms. The van der Waals surface area contributed by atoms with Crippen molar-refractivity contribution in [2.24, 2.45) is 5.41 Å². The number of nitrogens with zero attached hydrogens (tertiary/aromatic N) is 2. The van der Waals surface area contributed by atoms with Gasteiger partial charge < -0.3 is 20.5 Å². The number of rotatable bonds is 9. The van der Waals surface area contributed by atoms with Crippen LogP contribution in [0.4, 0.5) is 4.39 Å². The van der Waals surface area contributed by atoms with Gasteiger partial charge in [-0.05, 0) is 69.6 Å². The van der Waals surface area contributed by atoms with Gasteiger partial charge in [0.25, 0.3) is 0 Å². The van der Waals surface area contributed by atoms with Crippen molar-refractivity contribution in [2.45, 2.75) is 98.2 Å². The molecule has 3 atom stereocenters. The molecule has 0 spiro atoms. The minimum absolute atomic E-state index is 0.0312. The van der Waals surface area contributed by atoms with Gasteiger partial charge in [0.15, 0.2) is 0 Å². The van der Waals surface area contributed by atoms with E-state index in [2.05, 4.69) is 20.6 Å². The molecule has 1 fully saturated rings. The molecule has 3 rings (SSSR count). The Kier molecular flexibility index (Phi) is 9.68. The fraction of sp³-hybridized carbons (Fsp3) is 0.586. The van der Waals surface area contributed by atoms with Gasteiger partial charge in [0.05, 0.1) is 24.4 Å². The third-order valence-corrected chi connectivity index (χ3v) is 7.03. The van der Waals surface area contributed by atoms with Crippen LogP contribution in [-0.4, -0.2) is 51.2 Å². The number of H-pyrrole nitrogens is 1. The molecular weight excluding hydrogens is 485 g/mol. The smallest absolute Gasteiger partial charge is 0.243 e. The van der Waals surface area contributed by atoms with Gasteiger partial charge >= 0.3 is 0 Å². The van der Waals surface area contributed by atoms with Crippen molar-refractivity contribution in [3.05, 3.63) is 41.6 Å². The Hall–Kier alpha value is -3.23. The Morgan fingerprint density at radius 2 is 1.95 bits per heavy atom. The Balaban J connectivity index is 1.71. The lowest BCUT2D eigenvalue weighted by atomic mass is 9.90. The number of nitrogens with one attached hydrogen (secondary N) is 3. The average molecular weight is 528 g/mol. The van der Waals surface area contributed by atoms with Crippen LogP contribution in [0.5, 0.6) is 0 Å². The minimum Gasteiger partial charge on any atom is -0.345 e. The van der Waals surface area contributed by atoms with E-state index in [1.807, 2.05) is 45.6 Å². The maximum absolute atomic E-state index is 14.4. The summed E-state index contributed by atoms with van der Waals surface area (Å²) in [5.74, 6) is -0.778. The van der Waals surface area contributed by atoms with Crippen molar-refractivity contribution in [3.8, 4) is 11.3 Å². The molecule has 2 heterocycles. The topological polar surface area (TPSA) is 107 Å². The molecule has 208 valence electrons. The maximum Gasteiger partial charge on any atom is 0.243 e. The Labute approximate surface area is 225 Å². The first kappa shape index (κ1) is 29.3. The molecule has 9 heteroatoms. The van der Waals surface area contributed by atoms with Crippen LogP contribution in [-0.2, 0) is 14.4 Å². The molecule has 1 aromatic carbocycles. The molecule has 0 unspecified atom stereocenters. The summed E-state index contributed by atoms with van der Waals surface area (Å²) in [4.78, 5) is 48.4. The lowest BCUT2D eigenvalue weighted by Gasteiger charge is -2.34. The normalized spacial score (nSPS) is 17.6. The predicted octanol–water partition coefficient (Wildman–Crippen LogP) is 4.80. The van der Waals surface area contributed by atoms with Gasteiger partial charge in [0.2, 0.25) is 17.7 Å². The van der Waals surface area contributed by atoms with Crippen molar-refractivity contribution in [2.75, 3.05) is 6.54 Å². The van der Waals surface area contributed by atoms with E-state index in [1.54, 1.807) is 13.0 Å². The number of amides is 3. The number of carbonyl (C=O) groups is 3. The summed E-state index contributed by atoms with van der Waals surface area (Å²) in [6.45, 7) is 12.4. The molecular formula is C29H42FN5O3. The number of hydrogen-bond acceptors (Lipinski definition) is 4. The quantitative estimate of drug-likeness (QED) is 0.435. The Morgan fingerprint density at radius 1 is 1.21 bits per heavy atom. The van der Waals surface area contributed by atoms with Crippen LogP contribution in [0.3, 0.4) is 0 Å². The van der Waals surface area contributed by atoms with Crippen molar-refractivity contribution >= 4 is 17.7 Å². The standard InChI is InChI=1S/C29H42FN5O3/c1-18-10-11-21(22(30)15-18)24-17-31-27(34-24)20(3)32-28(38)23(33-25(36)12-13-29(4,5)6)16-26(37)35-14-8-7-9-19(35)2/h10-11,15,17,19-20,23H,7-9,12-14,16H2,1-6H3,(H,31,34)(H,32,38)(H,33,36)/t19-,20-,23-/m0/s1. The van der Waals surface area contributed by atoms with Crippen LogP contribution in [0.25, 0.3) is 11.3 Å². The minimum atomic E-state index is -1.00. The number of carbonyl (C=O) groups excluding carboxylic acids is 3. The zero-order valence-electron chi connectivity index (χ0n) is 23.5. The van der Waals surface area contributed by atoms with Gasteiger partial charge in [-0.25, -0.2) is 9.37 Å². The van der Waals surface area contributed by atoms with E-state index in [9.17, 15) is 18.8 Å². The van der Waals surface area contributed by atoms with E-state index >= 15 is 0 Å². The number of halogens is 1. The summed E-state index contributed by atoms with van der Waals surface area (Å²) >= 11 is 0. The second-order valence-electron chi connectivity index (χ2n) is 11.7. The summed E-state index contributed by atoms with van der Waals surface area (Å²) < 4.78 is 14.4. The predicted molar refractivity (Wildman–Crippen MR) is 146 cm³/mol. The summed E-state index contributed by atoms with van der Waals surface area (Å²) in [5, 5.41) is 5.67. The molecule has 1 aliphatic heterocycles. The first-order valence-electron chi connectivity index (χ1n) is 13.5. The number of likely N-dealkylation sites (tertiary alicyclic amines) is 1. The number of benzene rings is 1. The van der Waals surface area contributed by atoms with Gasteiger partial charge in [-0.2, -0.15) is 0 Å². The highest BCUT2D eigenvalue weighted by Crippen LogP contribution is 2.24. The fourth-order valence-electron chi connectivity index (χ4n) is 4.64. The molecule has 0 radical (unpaired) electrons. The van der Waals surface area contributed by atoms with E-state index in [-0.39, 0.29) is 41.9 Å². The molecule has 1 aliphatic rings. The number of hydrogen-bond donors (Lipinski definition) is 3. The first-order valence-corrected chi connectivity index (χ1v) is 13.5. The molecule has 1 aromatic heterocycles. The average Bonchev–Trinajstić information content (AvgIpc) is 3.32. The molecule has 8 nitrogen and oxygen atoms in total. The summed E-state index contributed by atoms with van der Waals surface area (Å²) in [7, 11) is 0. The largest absolute Gasteiger partial charge is 0.345 e. The van der Waals surface area contributed by atoms with Crippen LogP contribution in [0.1, 0.15) is 90.6 Å². The second-order valence-corrected chi connectivity index (χ2v) is 11.7. The van der Waals surface area contributed by atoms with Crippen LogP contribution in [0, 0.1) is 18.2 Å². The lowest BCUT2D eigenvalue weighted by molar-refractivity contribution is -0.138. The van der Waals surface area contributed by atoms with Crippen LogP contribution >= 0.6 is 0 Å². The number of piperidine rings is 1. The zero-order valence-corrected chi connectivity index (χ0v) is 23.5. The summed E-state index contributed by atoms with van der Waals surface area (Å²) in [6.07, 6.45) is 5.28. The monoisotopic (exact) mass is 527 g/mol. The van der Waals surface area contributed by atoms with Gasteiger partial charge in [-0.1, -0.05) is 26.8 Å². The number of imidazole rings is 1. The van der Waals surface area contributed by atoms with Crippen molar-refractivity contribution in [3.63, 3.8) is 0 Å². The summed E-state index contributed by atoms with van der Waals surface area (Å²) in [6, 6.07) is 3.50. The number of aryl methyl sites for hydroxylation is 1. The molecule has 3 N–H and O–H groups in total. The van der Waals surface area contributed by atoms with Crippen molar-refractivity contribution in [1.82, 2.24) is 25.5 Å². The number of aromatic nitrogens is 2. The fourth-order valence-corrected chi connectivity index (χ4v) is 4.64. The zero-order chi connectivity index (χ0) is 28.0. The Morgan fingerprint density at radius 3 is 2.61 bits per heavy atom. The third kappa shape index (κ3) is 8.13. The number of aromatic amines is 1. The Bertz CT molecular complexity index is 1140. The highest BCUT2D eigenvalue weighted by molar-refractivity contribution is 5.92. The SMILES string of the molecule is Cc1ccc(-c2cnc([C@H](C)NC(=O)[C@H](CC(=O)N3CCCC[C@@H]3C)NC(=O)CCC(C)(C)C)[nH]2)c(F)c1. The molecule has 1 saturated heterocycles. The van der Waals surface area contributed by atoms with Crippen LogP contribution in [0.15, 0.2) is 24.4 Å². The van der Waals surface area contributed by atoms with Gasteiger partial charge in [-0.3, -0.25) is 14.4 Å². The second kappa shape index (κ2) is 12.5. The third-order valence-electron chi connectivity index (χ3n) is 7.03. The highest BCUT2D eigenvalue weighted by Gasteiger charge is 2.31. The molecule has 0 aliphatic carbocycles. The maximum atomic E-state index is 14.4. The molecule has 3 amide bonds. The van der Waals surface area contributed by atoms with Gasteiger partial charge in [-0.15, -0.1) is 0 Å². The molecule has 0 saturated carbocycles. The highest BCUT2D eigenvalue weighted by atomic mass is 19.1. The van der Waals surface area contributed by atoms with Gasteiger partial charge in [0, 0.05) is 24.6 Å². The van der Waals surface area contributed by atoms with E-state index in [4.69, 9.17) is 0 Å². The van der Waals surface area contributed by atoms with Crippen LogP contribution < -0.4 is 10.6 Å².